The van der Waals surface area contributed by atoms with Gasteiger partial charge in [-0.15, -0.1) is 10.2 Å². The molecule has 0 atom stereocenters. The Morgan fingerprint density at radius 1 is 1.05 bits per heavy atom. The van der Waals surface area contributed by atoms with Gasteiger partial charge in [-0.05, 0) is 18.2 Å². The molecule has 4 rings (SSSR count). The summed E-state index contributed by atoms with van der Waals surface area (Å²) in [6, 6.07) is 16.2. The fraction of sp³-hybridized carbons (Fsp3) is 0.0625. The lowest BCUT2D eigenvalue weighted by Crippen LogP contribution is -1.91. The predicted molar refractivity (Wildman–Crippen MR) is 89.3 cm³/mol. The standard InChI is InChI=1S/C16H13N5S/c1-21-14-8-7-13(9-12(14)10-17-21)18-16-20-19-15(22-16)11-5-3-2-4-6-11/h2-10H,1H3,(H,18,20). The van der Waals surface area contributed by atoms with E-state index in [0.29, 0.717) is 0 Å². The summed E-state index contributed by atoms with van der Waals surface area (Å²) >= 11 is 1.54. The van der Waals surface area contributed by atoms with Gasteiger partial charge in [0.15, 0.2) is 0 Å². The zero-order valence-electron chi connectivity index (χ0n) is 11.9. The smallest absolute Gasteiger partial charge is 0.210 e. The van der Waals surface area contributed by atoms with Crippen LogP contribution in [-0.2, 0) is 7.05 Å². The molecule has 0 fully saturated rings. The molecule has 2 aromatic carbocycles. The van der Waals surface area contributed by atoms with Gasteiger partial charge < -0.3 is 5.32 Å². The minimum Gasteiger partial charge on any atom is -0.330 e. The molecule has 0 unspecified atom stereocenters. The molecule has 0 amide bonds. The normalized spacial score (nSPS) is 11.0. The lowest BCUT2D eigenvalue weighted by atomic mass is 10.2. The topological polar surface area (TPSA) is 55.6 Å². The fourth-order valence-electron chi connectivity index (χ4n) is 2.34. The van der Waals surface area contributed by atoms with Crippen molar-refractivity contribution in [3.05, 3.63) is 54.7 Å². The summed E-state index contributed by atoms with van der Waals surface area (Å²) in [5.74, 6) is 0. The molecule has 0 bridgehead atoms. The lowest BCUT2D eigenvalue weighted by Gasteiger charge is -2.02. The van der Waals surface area contributed by atoms with Crippen LogP contribution in [0, 0.1) is 0 Å². The quantitative estimate of drug-likeness (QED) is 0.625. The second kappa shape index (κ2) is 5.23. The highest BCUT2D eigenvalue weighted by molar-refractivity contribution is 7.18. The Kier molecular flexibility index (Phi) is 3.08. The summed E-state index contributed by atoms with van der Waals surface area (Å²) in [6.45, 7) is 0. The molecule has 1 N–H and O–H groups in total. The molecule has 0 saturated heterocycles. The number of nitrogens with zero attached hydrogens (tertiary/aromatic N) is 4. The van der Waals surface area contributed by atoms with Crippen LogP contribution in [0.15, 0.2) is 54.7 Å². The molecule has 0 aliphatic carbocycles. The SMILES string of the molecule is Cn1ncc2cc(Nc3nnc(-c4ccccc4)s3)ccc21. The van der Waals surface area contributed by atoms with Gasteiger partial charge >= 0.3 is 0 Å². The third-order valence-electron chi connectivity index (χ3n) is 3.44. The summed E-state index contributed by atoms with van der Waals surface area (Å²) in [7, 11) is 1.94. The van der Waals surface area contributed by atoms with E-state index in [1.807, 2.05) is 60.4 Å². The predicted octanol–water partition coefficient (Wildman–Crippen LogP) is 3.84. The van der Waals surface area contributed by atoms with E-state index in [9.17, 15) is 0 Å². The number of hydrogen-bond acceptors (Lipinski definition) is 5. The molecule has 6 heteroatoms. The minimum atomic E-state index is 0.780. The van der Waals surface area contributed by atoms with E-state index in [1.54, 1.807) is 0 Å². The van der Waals surface area contributed by atoms with Gasteiger partial charge in [0, 0.05) is 23.7 Å². The molecule has 2 heterocycles. The number of aryl methyl sites for hydroxylation is 1. The fourth-order valence-corrected chi connectivity index (χ4v) is 3.11. The first kappa shape index (κ1) is 13.0. The van der Waals surface area contributed by atoms with E-state index >= 15 is 0 Å². The van der Waals surface area contributed by atoms with Crippen LogP contribution in [0.5, 0.6) is 0 Å². The van der Waals surface area contributed by atoms with Gasteiger partial charge in [-0.1, -0.05) is 41.7 Å². The lowest BCUT2D eigenvalue weighted by molar-refractivity contribution is 0.797. The molecule has 4 aromatic rings. The number of benzene rings is 2. The maximum absolute atomic E-state index is 4.25. The van der Waals surface area contributed by atoms with Crippen molar-refractivity contribution in [2.45, 2.75) is 0 Å². The Morgan fingerprint density at radius 3 is 2.77 bits per heavy atom. The van der Waals surface area contributed by atoms with Gasteiger partial charge in [0.05, 0.1) is 11.7 Å². The summed E-state index contributed by atoms with van der Waals surface area (Å²) in [5.41, 5.74) is 3.17. The van der Waals surface area contributed by atoms with Gasteiger partial charge in [-0.2, -0.15) is 5.10 Å². The largest absolute Gasteiger partial charge is 0.330 e. The number of aromatic nitrogens is 4. The third-order valence-corrected chi connectivity index (χ3v) is 4.33. The van der Waals surface area contributed by atoms with E-state index in [1.165, 1.54) is 11.3 Å². The van der Waals surface area contributed by atoms with Crippen molar-refractivity contribution in [3.8, 4) is 10.6 Å². The zero-order chi connectivity index (χ0) is 14.9. The summed E-state index contributed by atoms with van der Waals surface area (Å²) in [5, 5.41) is 18.8. The van der Waals surface area contributed by atoms with Crippen LogP contribution in [0.1, 0.15) is 0 Å². The summed E-state index contributed by atoms with van der Waals surface area (Å²) in [6.07, 6.45) is 1.86. The van der Waals surface area contributed by atoms with Crippen LogP contribution in [0.4, 0.5) is 10.8 Å². The molecule has 22 heavy (non-hydrogen) atoms. The van der Waals surface area contributed by atoms with Crippen molar-refractivity contribution in [1.82, 2.24) is 20.0 Å². The van der Waals surface area contributed by atoms with E-state index in [4.69, 9.17) is 0 Å². The number of anilines is 2. The summed E-state index contributed by atoms with van der Waals surface area (Å²) < 4.78 is 1.86. The van der Waals surface area contributed by atoms with Crippen LogP contribution in [0.2, 0.25) is 0 Å². The van der Waals surface area contributed by atoms with Crippen LogP contribution >= 0.6 is 11.3 Å². The van der Waals surface area contributed by atoms with Gasteiger partial charge in [0.2, 0.25) is 5.13 Å². The molecule has 0 aliphatic rings. The third kappa shape index (κ3) is 2.33. The van der Waals surface area contributed by atoms with Crippen LogP contribution in [-0.4, -0.2) is 20.0 Å². The molecule has 0 spiro atoms. The molecular weight excluding hydrogens is 294 g/mol. The molecule has 0 aliphatic heterocycles. The van der Waals surface area contributed by atoms with Crippen LogP contribution < -0.4 is 5.32 Å². The minimum absolute atomic E-state index is 0.780. The van der Waals surface area contributed by atoms with Crippen molar-refractivity contribution < 1.29 is 0 Å². The van der Waals surface area contributed by atoms with Crippen molar-refractivity contribution in [2.75, 3.05) is 5.32 Å². The van der Waals surface area contributed by atoms with Gasteiger partial charge in [-0.25, -0.2) is 0 Å². The second-order valence-corrected chi connectivity index (χ2v) is 5.92. The monoisotopic (exact) mass is 307 g/mol. The average Bonchev–Trinajstić information content (AvgIpc) is 3.16. The highest BCUT2D eigenvalue weighted by Crippen LogP contribution is 2.29. The van der Waals surface area contributed by atoms with Gasteiger partial charge in [0.1, 0.15) is 5.01 Å². The first-order valence-corrected chi connectivity index (χ1v) is 7.69. The number of rotatable bonds is 3. The van der Waals surface area contributed by atoms with E-state index < -0.39 is 0 Å². The zero-order valence-corrected chi connectivity index (χ0v) is 12.7. The molecule has 0 radical (unpaired) electrons. The number of fused-ring (bicyclic) bond motifs is 1. The highest BCUT2D eigenvalue weighted by Gasteiger charge is 2.07. The Balaban J connectivity index is 1.61. The average molecular weight is 307 g/mol. The van der Waals surface area contributed by atoms with Crippen molar-refractivity contribution in [1.29, 1.82) is 0 Å². The number of nitrogens with one attached hydrogen (secondary N) is 1. The summed E-state index contributed by atoms with van der Waals surface area (Å²) in [4.78, 5) is 0. The van der Waals surface area contributed by atoms with Gasteiger partial charge in [0.25, 0.3) is 0 Å². The van der Waals surface area contributed by atoms with E-state index in [0.717, 1.165) is 32.3 Å². The first-order valence-electron chi connectivity index (χ1n) is 6.87. The van der Waals surface area contributed by atoms with Gasteiger partial charge in [-0.3, -0.25) is 4.68 Å². The Bertz CT molecular complexity index is 926. The van der Waals surface area contributed by atoms with Crippen molar-refractivity contribution in [3.63, 3.8) is 0 Å². The van der Waals surface area contributed by atoms with Crippen LogP contribution in [0.25, 0.3) is 21.5 Å². The highest BCUT2D eigenvalue weighted by atomic mass is 32.1. The van der Waals surface area contributed by atoms with E-state index in [2.05, 4.69) is 26.7 Å². The Morgan fingerprint density at radius 2 is 1.91 bits per heavy atom. The first-order chi connectivity index (χ1) is 10.8. The molecular formula is C16H13N5S. The van der Waals surface area contributed by atoms with Crippen LogP contribution in [0.3, 0.4) is 0 Å². The Hall–Kier alpha value is -2.73. The van der Waals surface area contributed by atoms with E-state index in [-0.39, 0.29) is 0 Å². The van der Waals surface area contributed by atoms with Crippen molar-refractivity contribution in [2.24, 2.45) is 7.05 Å². The molecule has 2 aromatic heterocycles. The maximum atomic E-state index is 4.25. The maximum Gasteiger partial charge on any atom is 0.210 e. The molecule has 0 saturated carbocycles. The van der Waals surface area contributed by atoms with Crippen molar-refractivity contribution >= 4 is 33.1 Å². The number of hydrogen-bond donors (Lipinski definition) is 1. The molecule has 5 nitrogen and oxygen atoms in total. The Labute approximate surface area is 131 Å². The molecule has 108 valence electrons. The second-order valence-electron chi connectivity index (χ2n) is 4.95.